The second-order valence-electron chi connectivity index (χ2n) is 3.86. The minimum Gasteiger partial charge on any atom is -0.396 e. The van der Waals surface area contributed by atoms with E-state index in [0.717, 1.165) is 16.0 Å². The van der Waals surface area contributed by atoms with Gasteiger partial charge >= 0.3 is 0 Å². The second kappa shape index (κ2) is 6.33. The summed E-state index contributed by atoms with van der Waals surface area (Å²) in [6.45, 7) is 0.595. The van der Waals surface area contributed by atoms with Crippen LogP contribution in [0.15, 0.2) is 41.8 Å². The van der Waals surface area contributed by atoms with Crippen LogP contribution in [-0.4, -0.2) is 24.2 Å². The second-order valence-corrected chi connectivity index (χ2v) is 4.78. The van der Waals surface area contributed by atoms with Gasteiger partial charge in [-0.05, 0) is 23.4 Å². The van der Waals surface area contributed by atoms with Gasteiger partial charge in [-0.3, -0.25) is 4.79 Å². The maximum atomic E-state index is 12.0. The van der Waals surface area contributed by atoms with Gasteiger partial charge < -0.3 is 10.4 Å². The minimum atomic E-state index is -0.0719. The number of hydrogen-bond acceptors (Lipinski definition) is 3. The van der Waals surface area contributed by atoms with Gasteiger partial charge in [-0.2, -0.15) is 0 Å². The van der Waals surface area contributed by atoms with Crippen molar-refractivity contribution in [3.05, 3.63) is 46.7 Å². The summed E-state index contributed by atoms with van der Waals surface area (Å²) >= 11 is 1.44. The number of hydrogen-bond donors (Lipinski definition) is 2. The molecule has 2 rings (SSSR count). The Morgan fingerprint density at radius 1 is 1.22 bits per heavy atom. The lowest BCUT2D eigenvalue weighted by Crippen LogP contribution is -2.24. The molecule has 3 nitrogen and oxygen atoms in total. The predicted molar refractivity (Wildman–Crippen MR) is 73.8 cm³/mol. The van der Waals surface area contributed by atoms with Crippen molar-refractivity contribution in [2.24, 2.45) is 0 Å². The quantitative estimate of drug-likeness (QED) is 0.813. The van der Waals surface area contributed by atoms with Crippen LogP contribution >= 0.6 is 11.3 Å². The van der Waals surface area contributed by atoms with Gasteiger partial charge in [0.25, 0.3) is 5.91 Å². The smallest absolute Gasteiger partial charge is 0.261 e. The molecule has 94 valence electrons. The summed E-state index contributed by atoms with van der Waals surface area (Å²) in [5, 5.41) is 13.4. The van der Waals surface area contributed by atoms with E-state index in [9.17, 15) is 4.79 Å². The summed E-state index contributed by atoms with van der Waals surface area (Å²) in [6.07, 6.45) is 0.581. The number of aliphatic hydroxyl groups is 1. The molecule has 0 aliphatic heterocycles. The van der Waals surface area contributed by atoms with Crippen LogP contribution in [0.25, 0.3) is 11.1 Å². The maximum absolute atomic E-state index is 12.0. The van der Waals surface area contributed by atoms with Crippen LogP contribution in [0, 0.1) is 0 Å². The topological polar surface area (TPSA) is 49.3 Å². The fourth-order valence-corrected chi connectivity index (χ4v) is 2.52. The zero-order valence-corrected chi connectivity index (χ0v) is 10.7. The minimum absolute atomic E-state index is 0.0719. The molecule has 0 radical (unpaired) electrons. The third kappa shape index (κ3) is 2.97. The molecule has 4 heteroatoms. The van der Waals surface area contributed by atoms with Crippen molar-refractivity contribution in [2.45, 2.75) is 6.42 Å². The third-order valence-corrected chi connectivity index (χ3v) is 3.49. The van der Waals surface area contributed by atoms with Crippen molar-refractivity contribution in [2.75, 3.05) is 13.2 Å². The Balaban J connectivity index is 2.15. The van der Waals surface area contributed by atoms with Gasteiger partial charge in [0.1, 0.15) is 0 Å². The summed E-state index contributed by atoms with van der Waals surface area (Å²) in [5.41, 5.74) is 2.01. The molecular weight excluding hydrogens is 246 g/mol. The zero-order valence-electron chi connectivity index (χ0n) is 9.93. The average molecular weight is 261 g/mol. The highest BCUT2D eigenvalue weighted by Crippen LogP contribution is 2.27. The fraction of sp³-hybridized carbons (Fsp3) is 0.214. The zero-order chi connectivity index (χ0) is 12.8. The number of amides is 1. The van der Waals surface area contributed by atoms with Gasteiger partial charge in [0.2, 0.25) is 0 Å². The molecule has 0 fully saturated rings. The van der Waals surface area contributed by atoms with E-state index in [1.165, 1.54) is 11.3 Å². The van der Waals surface area contributed by atoms with Gasteiger partial charge in [-0.25, -0.2) is 0 Å². The molecule has 1 amide bonds. The molecule has 0 saturated carbocycles. The molecule has 1 aromatic carbocycles. The number of aliphatic hydroxyl groups excluding tert-OH is 1. The van der Waals surface area contributed by atoms with Crippen LogP contribution in [0.2, 0.25) is 0 Å². The lowest BCUT2D eigenvalue weighted by Gasteiger charge is -2.05. The first-order valence-corrected chi connectivity index (χ1v) is 6.73. The Kier molecular flexibility index (Phi) is 4.50. The molecule has 1 heterocycles. The van der Waals surface area contributed by atoms with Crippen molar-refractivity contribution < 1.29 is 9.90 Å². The van der Waals surface area contributed by atoms with E-state index in [2.05, 4.69) is 5.32 Å². The third-order valence-electron chi connectivity index (χ3n) is 2.58. The molecule has 0 bridgehead atoms. The maximum Gasteiger partial charge on any atom is 0.261 e. The van der Waals surface area contributed by atoms with Gasteiger partial charge in [0, 0.05) is 18.7 Å². The van der Waals surface area contributed by atoms with E-state index in [1.54, 1.807) is 0 Å². The van der Waals surface area contributed by atoms with Crippen molar-refractivity contribution in [1.82, 2.24) is 5.32 Å². The molecule has 2 aromatic rings. The number of carbonyl (C=O) groups excluding carboxylic acids is 1. The van der Waals surface area contributed by atoms with Crippen LogP contribution < -0.4 is 5.32 Å². The van der Waals surface area contributed by atoms with Crippen LogP contribution in [-0.2, 0) is 0 Å². The van der Waals surface area contributed by atoms with Gasteiger partial charge in [0.15, 0.2) is 0 Å². The largest absolute Gasteiger partial charge is 0.396 e. The molecule has 0 aliphatic carbocycles. The Bertz CT molecular complexity index is 508. The first-order chi connectivity index (χ1) is 8.83. The van der Waals surface area contributed by atoms with Crippen LogP contribution in [0.5, 0.6) is 0 Å². The Morgan fingerprint density at radius 3 is 2.72 bits per heavy atom. The number of carbonyl (C=O) groups is 1. The number of nitrogens with one attached hydrogen (secondary N) is 1. The Labute approximate surface area is 110 Å². The van der Waals surface area contributed by atoms with Crippen LogP contribution in [0.4, 0.5) is 0 Å². The Morgan fingerprint density at radius 2 is 2.00 bits per heavy atom. The lowest BCUT2D eigenvalue weighted by molar-refractivity contribution is 0.0956. The van der Waals surface area contributed by atoms with Crippen molar-refractivity contribution in [1.29, 1.82) is 0 Å². The van der Waals surface area contributed by atoms with Crippen LogP contribution in [0.3, 0.4) is 0 Å². The number of benzene rings is 1. The highest BCUT2D eigenvalue weighted by Gasteiger charge is 2.13. The molecule has 1 aromatic heterocycles. The summed E-state index contributed by atoms with van der Waals surface area (Å²) in [6, 6.07) is 11.8. The summed E-state index contributed by atoms with van der Waals surface area (Å²) in [5.74, 6) is -0.0719. The highest BCUT2D eigenvalue weighted by atomic mass is 32.1. The standard InChI is InChI=1S/C14H15NO2S/c16-9-4-8-15-14(17)13-12(7-10-18-13)11-5-2-1-3-6-11/h1-3,5-7,10,16H,4,8-9H2,(H,15,17). The van der Waals surface area contributed by atoms with E-state index < -0.39 is 0 Å². The van der Waals surface area contributed by atoms with Gasteiger partial charge in [-0.1, -0.05) is 30.3 Å². The summed E-state index contributed by atoms with van der Waals surface area (Å²) in [4.78, 5) is 12.7. The van der Waals surface area contributed by atoms with Crippen LogP contribution in [0.1, 0.15) is 16.1 Å². The van der Waals surface area contributed by atoms with E-state index >= 15 is 0 Å². The molecule has 0 spiro atoms. The number of rotatable bonds is 5. The molecule has 0 unspecified atom stereocenters. The monoisotopic (exact) mass is 261 g/mol. The van der Waals surface area contributed by atoms with E-state index in [4.69, 9.17) is 5.11 Å². The van der Waals surface area contributed by atoms with Gasteiger partial charge in [0.05, 0.1) is 4.88 Å². The molecule has 2 N–H and O–H groups in total. The van der Waals surface area contributed by atoms with E-state index in [1.807, 2.05) is 41.8 Å². The van der Waals surface area contributed by atoms with Crippen molar-refractivity contribution in [3.63, 3.8) is 0 Å². The first-order valence-electron chi connectivity index (χ1n) is 5.85. The van der Waals surface area contributed by atoms with Crippen molar-refractivity contribution in [3.8, 4) is 11.1 Å². The Hall–Kier alpha value is -1.65. The number of thiophene rings is 1. The highest BCUT2D eigenvalue weighted by molar-refractivity contribution is 7.12. The normalized spacial score (nSPS) is 10.3. The molecule has 0 aliphatic rings. The average Bonchev–Trinajstić information content (AvgIpc) is 2.89. The predicted octanol–water partition coefficient (Wildman–Crippen LogP) is 2.53. The first kappa shape index (κ1) is 12.8. The fourth-order valence-electron chi connectivity index (χ4n) is 1.69. The molecule has 18 heavy (non-hydrogen) atoms. The lowest BCUT2D eigenvalue weighted by atomic mass is 10.1. The SMILES string of the molecule is O=C(NCCCO)c1sccc1-c1ccccc1. The summed E-state index contributed by atoms with van der Waals surface area (Å²) < 4.78 is 0. The van der Waals surface area contributed by atoms with E-state index in [-0.39, 0.29) is 12.5 Å². The summed E-state index contributed by atoms with van der Waals surface area (Å²) in [7, 11) is 0. The van der Waals surface area contributed by atoms with Crippen molar-refractivity contribution >= 4 is 17.2 Å². The molecule has 0 saturated heterocycles. The van der Waals surface area contributed by atoms with E-state index in [0.29, 0.717) is 13.0 Å². The molecule has 0 atom stereocenters. The molecular formula is C14H15NO2S. The van der Waals surface area contributed by atoms with Gasteiger partial charge in [-0.15, -0.1) is 11.3 Å².